The number of hydrogen-bond acceptors (Lipinski definition) is 3. The van der Waals surface area contributed by atoms with E-state index in [1.807, 2.05) is 27.7 Å². The molecule has 0 aliphatic carbocycles. The molecule has 1 amide bonds. The van der Waals surface area contributed by atoms with E-state index in [1.54, 1.807) is 0 Å². The smallest absolute Gasteiger partial charge is 0.227 e. The summed E-state index contributed by atoms with van der Waals surface area (Å²) < 4.78 is 0. The second-order valence-corrected chi connectivity index (χ2v) is 8.82. The summed E-state index contributed by atoms with van der Waals surface area (Å²) in [5.41, 5.74) is 5.07. The average Bonchev–Trinajstić information content (AvgIpc) is 2.09. The SMILES string of the molecule is CC1(C)CC(NC(=O)C(C)(C)C(C)(C)N)CC(C)(C)N1. The number of nitrogens with two attached hydrogens (primary N) is 1. The minimum Gasteiger partial charge on any atom is -0.353 e. The first-order valence-corrected chi connectivity index (χ1v) is 7.56. The molecule has 0 aromatic heterocycles. The number of amides is 1. The maximum absolute atomic E-state index is 12.6. The van der Waals surface area contributed by atoms with Crippen molar-refractivity contribution in [1.29, 1.82) is 0 Å². The molecule has 1 aliphatic rings. The molecule has 1 heterocycles. The van der Waals surface area contributed by atoms with Crippen LogP contribution in [0.3, 0.4) is 0 Å². The van der Waals surface area contributed by atoms with Crippen molar-refractivity contribution in [3.05, 3.63) is 0 Å². The molecule has 1 rings (SSSR count). The summed E-state index contributed by atoms with van der Waals surface area (Å²) >= 11 is 0. The number of carbonyl (C=O) groups excluding carboxylic acids is 1. The highest BCUT2D eigenvalue weighted by atomic mass is 16.2. The highest BCUT2D eigenvalue weighted by molar-refractivity contribution is 5.83. The van der Waals surface area contributed by atoms with Crippen molar-refractivity contribution in [3.8, 4) is 0 Å². The van der Waals surface area contributed by atoms with E-state index >= 15 is 0 Å². The molecule has 0 unspecified atom stereocenters. The van der Waals surface area contributed by atoms with E-state index in [-0.39, 0.29) is 23.0 Å². The number of rotatable bonds is 3. The van der Waals surface area contributed by atoms with Gasteiger partial charge < -0.3 is 16.4 Å². The maximum atomic E-state index is 12.6. The first-order valence-electron chi connectivity index (χ1n) is 7.56. The predicted molar refractivity (Wildman–Crippen MR) is 84.5 cm³/mol. The highest BCUT2D eigenvalue weighted by Gasteiger charge is 2.43. The quantitative estimate of drug-likeness (QED) is 0.743. The zero-order chi connectivity index (χ0) is 16.0. The minimum absolute atomic E-state index is 0.0298. The molecular weight excluding hydrogens is 250 g/mol. The van der Waals surface area contributed by atoms with Crippen LogP contribution in [-0.4, -0.2) is 28.6 Å². The van der Waals surface area contributed by atoms with E-state index in [2.05, 4.69) is 38.3 Å². The lowest BCUT2D eigenvalue weighted by molar-refractivity contribution is -0.133. The van der Waals surface area contributed by atoms with Gasteiger partial charge in [0.15, 0.2) is 0 Å². The van der Waals surface area contributed by atoms with Gasteiger partial charge in [-0.25, -0.2) is 0 Å². The van der Waals surface area contributed by atoms with Crippen molar-refractivity contribution < 1.29 is 4.79 Å². The second kappa shape index (κ2) is 4.99. The van der Waals surface area contributed by atoms with Crippen molar-refractivity contribution >= 4 is 5.91 Å². The molecule has 0 saturated carbocycles. The summed E-state index contributed by atoms with van der Waals surface area (Å²) in [6, 6.07) is 0.190. The van der Waals surface area contributed by atoms with E-state index in [0.29, 0.717) is 0 Å². The molecular formula is C16H33N3O. The van der Waals surface area contributed by atoms with Gasteiger partial charge in [-0.1, -0.05) is 0 Å². The van der Waals surface area contributed by atoms with E-state index in [0.717, 1.165) is 12.8 Å². The van der Waals surface area contributed by atoms with Crippen molar-refractivity contribution in [2.24, 2.45) is 11.1 Å². The Morgan fingerprint density at radius 1 is 1.10 bits per heavy atom. The molecule has 1 fully saturated rings. The average molecular weight is 283 g/mol. The molecule has 0 radical (unpaired) electrons. The van der Waals surface area contributed by atoms with Crippen LogP contribution in [0.4, 0.5) is 0 Å². The number of carbonyl (C=O) groups is 1. The predicted octanol–water partition coefficient (Wildman–Crippen LogP) is 2.18. The first-order chi connectivity index (χ1) is 8.66. The van der Waals surface area contributed by atoms with Gasteiger partial charge in [-0.05, 0) is 68.2 Å². The van der Waals surface area contributed by atoms with Gasteiger partial charge in [-0.2, -0.15) is 0 Å². The van der Waals surface area contributed by atoms with E-state index in [4.69, 9.17) is 5.73 Å². The summed E-state index contributed by atoms with van der Waals surface area (Å²) in [5.74, 6) is 0.0449. The molecule has 4 heteroatoms. The van der Waals surface area contributed by atoms with Crippen LogP contribution < -0.4 is 16.4 Å². The molecule has 4 nitrogen and oxygen atoms in total. The molecule has 0 bridgehead atoms. The third-order valence-corrected chi connectivity index (χ3v) is 4.70. The van der Waals surface area contributed by atoms with Gasteiger partial charge in [-0.3, -0.25) is 4.79 Å². The summed E-state index contributed by atoms with van der Waals surface area (Å²) in [4.78, 5) is 12.6. The van der Waals surface area contributed by atoms with Crippen LogP contribution in [0, 0.1) is 5.41 Å². The van der Waals surface area contributed by atoms with E-state index in [9.17, 15) is 4.79 Å². The number of hydrogen-bond donors (Lipinski definition) is 3. The summed E-state index contributed by atoms with van der Waals surface area (Å²) in [6.07, 6.45) is 1.87. The zero-order valence-corrected chi connectivity index (χ0v) is 14.5. The Morgan fingerprint density at radius 2 is 1.50 bits per heavy atom. The molecule has 0 atom stereocenters. The van der Waals surface area contributed by atoms with Crippen molar-refractivity contribution in [3.63, 3.8) is 0 Å². The summed E-state index contributed by atoms with van der Waals surface area (Å²) in [6.45, 7) is 16.4. The highest BCUT2D eigenvalue weighted by Crippen LogP contribution is 2.32. The Kier molecular flexibility index (Phi) is 4.35. The van der Waals surface area contributed by atoms with Crippen LogP contribution in [0.25, 0.3) is 0 Å². The molecule has 0 aromatic rings. The van der Waals surface area contributed by atoms with Crippen molar-refractivity contribution in [1.82, 2.24) is 10.6 Å². The van der Waals surface area contributed by atoms with Crippen LogP contribution in [-0.2, 0) is 4.79 Å². The molecule has 0 aromatic carbocycles. The largest absolute Gasteiger partial charge is 0.353 e. The Hall–Kier alpha value is -0.610. The van der Waals surface area contributed by atoms with Gasteiger partial charge in [0.25, 0.3) is 0 Å². The topological polar surface area (TPSA) is 67.2 Å². The number of nitrogens with one attached hydrogen (secondary N) is 2. The monoisotopic (exact) mass is 283 g/mol. The van der Waals surface area contributed by atoms with Crippen LogP contribution >= 0.6 is 0 Å². The molecule has 20 heavy (non-hydrogen) atoms. The third kappa shape index (κ3) is 3.95. The van der Waals surface area contributed by atoms with Crippen LogP contribution in [0.2, 0.25) is 0 Å². The van der Waals surface area contributed by atoms with Crippen molar-refractivity contribution in [2.45, 2.75) is 90.9 Å². The zero-order valence-electron chi connectivity index (χ0n) is 14.5. The Morgan fingerprint density at radius 3 is 1.85 bits per heavy atom. The molecule has 4 N–H and O–H groups in total. The van der Waals surface area contributed by atoms with Gasteiger partial charge in [-0.15, -0.1) is 0 Å². The molecule has 0 spiro atoms. The van der Waals surface area contributed by atoms with E-state index < -0.39 is 11.0 Å². The van der Waals surface area contributed by atoms with Crippen LogP contribution in [0.15, 0.2) is 0 Å². The lowest BCUT2D eigenvalue weighted by Crippen LogP contribution is -2.64. The second-order valence-electron chi connectivity index (χ2n) is 8.82. The number of piperidine rings is 1. The van der Waals surface area contributed by atoms with Crippen molar-refractivity contribution in [2.75, 3.05) is 0 Å². The van der Waals surface area contributed by atoms with Gasteiger partial charge >= 0.3 is 0 Å². The summed E-state index contributed by atoms with van der Waals surface area (Å²) in [5, 5.41) is 6.85. The Bertz CT molecular complexity index is 362. The van der Waals surface area contributed by atoms with Gasteiger partial charge in [0.1, 0.15) is 0 Å². The molecule has 118 valence electrons. The maximum Gasteiger partial charge on any atom is 0.227 e. The van der Waals surface area contributed by atoms with Gasteiger partial charge in [0.2, 0.25) is 5.91 Å². The molecule has 1 saturated heterocycles. The fourth-order valence-corrected chi connectivity index (χ4v) is 3.08. The minimum atomic E-state index is -0.591. The molecule has 1 aliphatic heterocycles. The summed E-state index contributed by atoms with van der Waals surface area (Å²) in [7, 11) is 0. The Labute approximate surface area is 124 Å². The first kappa shape index (κ1) is 17.4. The normalized spacial score (nSPS) is 23.4. The van der Waals surface area contributed by atoms with Crippen LogP contribution in [0.1, 0.15) is 68.2 Å². The fraction of sp³-hybridized carbons (Fsp3) is 0.938. The lowest BCUT2D eigenvalue weighted by Gasteiger charge is -2.47. The Balaban J connectivity index is 2.81. The lowest BCUT2D eigenvalue weighted by atomic mass is 9.73. The van der Waals surface area contributed by atoms with Gasteiger partial charge in [0.05, 0.1) is 5.41 Å². The van der Waals surface area contributed by atoms with E-state index in [1.165, 1.54) is 0 Å². The van der Waals surface area contributed by atoms with Crippen LogP contribution in [0.5, 0.6) is 0 Å². The van der Waals surface area contributed by atoms with Gasteiger partial charge in [0, 0.05) is 22.7 Å². The third-order valence-electron chi connectivity index (χ3n) is 4.70. The standard InChI is InChI=1S/C16H33N3O/c1-13(2)9-11(10-14(3,4)19-13)18-12(20)15(5,6)16(7,8)17/h11,19H,9-10,17H2,1-8H3,(H,18,20). The fourth-order valence-electron chi connectivity index (χ4n) is 3.08.